The summed E-state index contributed by atoms with van der Waals surface area (Å²) < 4.78 is 36.5. The van der Waals surface area contributed by atoms with Crippen molar-refractivity contribution in [2.24, 2.45) is 0 Å². The van der Waals surface area contributed by atoms with Crippen molar-refractivity contribution >= 4 is 30.2 Å². The van der Waals surface area contributed by atoms with Gasteiger partial charge in [-0.15, -0.1) is 0 Å². The number of halogens is 2. The second-order valence-electron chi connectivity index (χ2n) is 4.91. The topological polar surface area (TPSA) is 111 Å². The van der Waals surface area contributed by atoms with Crippen LogP contribution in [0.2, 0.25) is 0 Å². The Kier molecular flexibility index (Phi) is 5.59. The second kappa shape index (κ2) is 6.91. The minimum absolute atomic E-state index is 0.112. The lowest BCUT2D eigenvalue weighted by molar-refractivity contribution is -0.0320. The second-order valence-corrected chi connectivity index (χ2v) is 8.73. The molecule has 1 aromatic heterocycles. The fourth-order valence-corrected chi connectivity index (χ4v) is 3.07. The minimum Gasteiger partial charge on any atom is -0.349 e. The number of H-pyrrole nitrogens is 1. The van der Waals surface area contributed by atoms with Gasteiger partial charge in [-0.1, -0.05) is 22.6 Å². The van der Waals surface area contributed by atoms with Crippen LogP contribution in [0.15, 0.2) is 15.8 Å². The molecule has 22 heavy (non-hydrogen) atoms. The maximum atomic E-state index is 13.9. The molecule has 11 heteroatoms. The molecule has 1 aliphatic heterocycles. The van der Waals surface area contributed by atoms with Crippen molar-refractivity contribution in [3.05, 3.63) is 32.6 Å². The van der Waals surface area contributed by atoms with Gasteiger partial charge in [0.15, 0.2) is 0 Å². The van der Waals surface area contributed by atoms with Gasteiger partial charge < -0.3 is 14.2 Å². The number of nitrogens with zero attached hydrogens (tertiary/aromatic N) is 1. The lowest BCUT2D eigenvalue weighted by Gasteiger charge is -2.17. The molecule has 1 unspecified atom stereocenters. The van der Waals surface area contributed by atoms with Crippen LogP contribution in [-0.4, -0.2) is 37.5 Å². The number of alkyl halides is 2. The molecule has 0 saturated carbocycles. The molecule has 0 spiro atoms. The van der Waals surface area contributed by atoms with E-state index in [2.05, 4.69) is 4.98 Å². The Morgan fingerprint density at radius 2 is 2.32 bits per heavy atom. The van der Waals surface area contributed by atoms with Crippen molar-refractivity contribution in [3.63, 3.8) is 0 Å². The lowest BCUT2D eigenvalue weighted by Crippen LogP contribution is -2.33. The average molecular weight is 448 g/mol. The highest BCUT2D eigenvalue weighted by atomic mass is 127. The van der Waals surface area contributed by atoms with Gasteiger partial charge in [0.05, 0.1) is 6.61 Å². The van der Waals surface area contributed by atoms with Gasteiger partial charge in [-0.3, -0.25) is 18.9 Å². The first kappa shape index (κ1) is 17.8. The smallest absolute Gasteiger partial charge is 0.337 e. The number of ether oxygens (including phenoxy) is 1. The Hall–Kier alpha value is -0.550. The first-order valence-corrected chi connectivity index (χ1v) is 9.66. The van der Waals surface area contributed by atoms with Gasteiger partial charge in [0.2, 0.25) is 0 Å². The van der Waals surface area contributed by atoms with E-state index >= 15 is 0 Å². The number of rotatable bonds is 5. The molecule has 8 nitrogen and oxygen atoms in total. The molecule has 2 N–H and O–H groups in total. The monoisotopic (exact) mass is 448 g/mol. The molecule has 1 aliphatic rings. The number of aromatic amines is 1. The van der Waals surface area contributed by atoms with E-state index in [9.17, 15) is 23.4 Å². The van der Waals surface area contributed by atoms with Crippen LogP contribution in [0.1, 0.15) is 18.2 Å². The number of nitrogens with one attached hydrogen (secondary N) is 1. The molecular formula is C11H15FIN2O6P. The van der Waals surface area contributed by atoms with E-state index in [1.807, 2.05) is 0 Å². The van der Waals surface area contributed by atoms with Gasteiger partial charge in [-0.05, 0) is 6.92 Å². The summed E-state index contributed by atoms with van der Waals surface area (Å²) in [7, 11) is -3.74. The quantitative estimate of drug-likeness (QED) is 0.396. The van der Waals surface area contributed by atoms with Crippen molar-refractivity contribution < 1.29 is 23.1 Å². The predicted octanol–water partition coefficient (Wildman–Crippen LogP) is 1.07. The highest BCUT2D eigenvalue weighted by Crippen LogP contribution is 2.44. The van der Waals surface area contributed by atoms with Gasteiger partial charge in [-0.25, -0.2) is 9.18 Å². The maximum absolute atomic E-state index is 13.9. The highest BCUT2D eigenvalue weighted by Gasteiger charge is 2.38. The van der Waals surface area contributed by atoms with E-state index in [4.69, 9.17) is 9.26 Å². The zero-order chi connectivity index (χ0) is 16.5. The number of aryl methyl sites for hydroxylation is 1. The number of aromatic nitrogens is 2. The molecule has 0 aromatic carbocycles. The van der Waals surface area contributed by atoms with E-state index in [1.165, 1.54) is 13.1 Å². The van der Waals surface area contributed by atoms with E-state index in [1.54, 1.807) is 22.6 Å². The van der Waals surface area contributed by atoms with Crippen molar-refractivity contribution in [2.45, 2.75) is 31.8 Å². The summed E-state index contributed by atoms with van der Waals surface area (Å²) in [6.07, 6.45) is -2.21. The van der Waals surface area contributed by atoms with Crippen LogP contribution in [-0.2, 0) is 13.8 Å². The van der Waals surface area contributed by atoms with Crippen LogP contribution in [0.25, 0.3) is 0 Å². The summed E-state index contributed by atoms with van der Waals surface area (Å²) in [4.78, 5) is 34.5. The molecule has 1 fully saturated rings. The number of hydrogen-bond acceptors (Lipinski definition) is 5. The standard InChI is InChI=1S/C11H15FIN2O6P/c1-6-3-15(11(17)14-10(6)16)9-2-7(12)8(21-9)4-20-22(18,19)5-13/h3,7-9H,2,4-5H2,1H3,(H,18,19)(H,14,16,17)/t7-,8+,9+/m0/s1. The molecule has 2 rings (SSSR count). The Morgan fingerprint density at radius 3 is 2.95 bits per heavy atom. The third-order valence-corrected chi connectivity index (χ3v) is 6.65. The fourth-order valence-electron chi connectivity index (χ4n) is 2.03. The highest BCUT2D eigenvalue weighted by molar-refractivity contribution is 14.1. The van der Waals surface area contributed by atoms with E-state index in [-0.39, 0.29) is 17.2 Å². The first-order chi connectivity index (χ1) is 10.2. The van der Waals surface area contributed by atoms with Crippen LogP contribution in [0.5, 0.6) is 0 Å². The van der Waals surface area contributed by atoms with E-state index < -0.39 is 37.3 Å². The van der Waals surface area contributed by atoms with E-state index in [0.717, 1.165) is 4.57 Å². The zero-order valence-corrected chi connectivity index (χ0v) is 14.6. The molecular weight excluding hydrogens is 433 g/mol. The summed E-state index contributed by atoms with van der Waals surface area (Å²) in [6.45, 7) is 1.13. The lowest BCUT2D eigenvalue weighted by atomic mass is 10.2. The summed E-state index contributed by atoms with van der Waals surface area (Å²) in [6, 6.07) is 0. The average Bonchev–Trinajstić information content (AvgIpc) is 2.82. The van der Waals surface area contributed by atoms with Crippen molar-refractivity contribution in [1.29, 1.82) is 0 Å². The van der Waals surface area contributed by atoms with E-state index in [0.29, 0.717) is 5.56 Å². The van der Waals surface area contributed by atoms with Gasteiger partial charge in [0, 0.05) is 18.2 Å². The Morgan fingerprint density at radius 1 is 1.64 bits per heavy atom. The predicted molar refractivity (Wildman–Crippen MR) is 84.1 cm³/mol. The fraction of sp³-hybridized carbons (Fsp3) is 0.636. The van der Waals surface area contributed by atoms with Crippen molar-refractivity contribution in [2.75, 3.05) is 10.8 Å². The summed E-state index contributed by atoms with van der Waals surface area (Å²) in [5.41, 5.74) is -0.920. The molecule has 0 bridgehead atoms. The largest absolute Gasteiger partial charge is 0.349 e. The molecule has 4 atom stereocenters. The Balaban J connectivity index is 2.11. The SMILES string of the molecule is Cc1cn([C@H]2C[C@H](F)[C@@H](COP(=O)(O)CI)O2)c(=O)[nH]c1=O. The third kappa shape index (κ3) is 4.05. The third-order valence-electron chi connectivity index (χ3n) is 3.21. The van der Waals surface area contributed by atoms with Crippen LogP contribution in [0.3, 0.4) is 0 Å². The summed E-state index contributed by atoms with van der Waals surface area (Å²) in [5, 5.41) is 0. The van der Waals surface area contributed by atoms with Crippen LogP contribution in [0, 0.1) is 6.92 Å². The van der Waals surface area contributed by atoms with Crippen molar-refractivity contribution in [1.82, 2.24) is 9.55 Å². The molecule has 2 heterocycles. The van der Waals surface area contributed by atoms with Gasteiger partial charge >= 0.3 is 13.3 Å². The van der Waals surface area contributed by atoms with Crippen LogP contribution < -0.4 is 11.2 Å². The molecule has 1 aromatic rings. The Labute approximate surface area is 138 Å². The normalized spacial score (nSPS) is 27.7. The van der Waals surface area contributed by atoms with Gasteiger partial charge in [0.1, 0.15) is 22.7 Å². The maximum Gasteiger partial charge on any atom is 0.337 e. The Bertz CT molecular complexity index is 707. The van der Waals surface area contributed by atoms with Gasteiger partial charge in [-0.2, -0.15) is 0 Å². The summed E-state index contributed by atoms with van der Waals surface area (Å²) in [5.74, 6) is 0. The number of hydrogen-bond donors (Lipinski definition) is 2. The molecule has 1 saturated heterocycles. The van der Waals surface area contributed by atoms with Crippen molar-refractivity contribution in [3.8, 4) is 0 Å². The van der Waals surface area contributed by atoms with Gasteiger partial charge in [0.25, 0.3) is 5.56 Å². The van der Waals surface area contributed by atoms with Crippen LogP contribution in [0.4, 0.5) is 4.39 Å². The first-order valence-electron chi connectivity index (χ1n) is 6.37. The molecule has 0 radical (unpaired) electrons. The molecule has 124 valence electrons. The summed E-state index contributed by atoms with van der Waals surface area (Å²) >= 11 is 1.69. The minimum atomic E-state index is -3.74. The van der Waals surface area contributed by atoms with Crippen LogP contribution >= 0.6 is 30.2 Å². The molecule has 0 amide bonds. The zero-order valence-electron chi connectivity index (χ0n) is 11.6. The molecule has 0 aliphatic carbocycles.